The molecule has 1 saturated carbocycles. The first-order valence-corrected chi connectivity index (χ1v) is 4.83. The van der Waals surface area contributed by atoms with E-state index in [1.165, 1.54) is 11.1 Å². The summed E-state index contributed by atoms with van der Waals surface area (Å²) in [6, 6.07) is 6.01. The molecule has 0 radical (unpaired) electrons. The molecular formula is C12H11Cl. The predicted octanol–water partition coefficient (Wildman–Crippen LogP) is 3.39. The van der Waals surface area contributed by atoms with Crippen LogP contribution in [0.3, 0.4) is 0 Å². The zero-order chi connectivity index (χ0) is 9.42. The third kappa shape index (κ3) is 1.45. The van der Waals surface area contributed by atoms with Crippen molar-refractivity contribution in [3.63, 3.8) is 0 Å². The van der Waals surface area contributed by atoms with Gasteiger partial charge in [-0.2, -0.15) is 0 Å². The van der Waals surface area contributed by atoms with Crippen molar-refractivity contribution in [1.29, 1.82) is 0 Å². The summed E-state index contributed by atoms with van der Waals surface area (Å²) < 4.78 is 0. The summed E-state index contributed by atoms with van der Waals surface area (Å²) >= 11 is 6.12. The summed E-state index contributed by atoms with van der Waals surface area (Å²) in [7, 11) is 0. The third-order valence-electron chi connectivity index (χ3n) is 2.65. The Hall–Kier alpha value is -0.930. The van der Waals surface area contributed by atoms with Crippen LogP contribution < -0.4 is 0 Å². The largest absolute Gasteiger partial charge is 0.120 e. The van der Waals surface area contributed by atoms with E-state index < -0.39 is 0 Å². The molecule has 0 bridgehead atoms. The zero-order valence-corrected chi connectivity index (χ0v) is 8.31. The van der Waals surface area contributed by atoms with E-state index in [1.807, 2.05) is 12.1 Å². The molecule has 1 aliphatic rings. The second-order valence-electron chi connectivity index (χ2n) is 3.59. The van der Waals surface area contributed by atoms with E-state index in [0.717, 1.165) is 11.4 Å². The van der Waals surface area contributed by atoms with Crippen molar-refractivity contribution in [2.24, 2.45) is 5.92 Å². The Kier molecular flexibility index (Phi) is 2.06. The number of aryl methyl sites for hydroxylation is 1. The lowest BCUT2D eigenvalue weighted by Gasteiger charge is -2.05. The Morgan fingerprint density at radius 3 is 2.85 bits per heavy atom. The average Bonchev–Trinajstić information content (AvgIpc) is 2.83. The molecule has 2 unspecified atom stereocenters. The Morgan fingerprint density at radius 2 is 2.31 bits per heavy atom. The first-order chi connectivity index (χ1) is 6.24. The van der Waals surface area contributed by atoms with Gasteiger partial charge in [-0.15, -0.1) is 12.3 Å². The van der Waals surface area contributed by atoms with Gasteiger partial charge in [0.1, 0.15) is 0 Å². The third-order valence-corrected chi connectivity index (χ3v) is 2.98. The molecule has 1 fully saturated rings. The number of hydrogen-bond donors (Lipinski definition) is 0. The summed E-state index contributed by atoms with van der Waals surface area (Å²) in [5.41, 5.74) is 2.52. The first-order valence-electron chi connectivity index (χ1n) is 4.45. The maximum atomic E-state index is 6.12. The minimum absolute atomic E-state index is 0.415. The summed E-state index contributed by atoms with van der Waals surface area (Å²) in [6.45, 7) is 2.09. The second kappa shape index (κ2) is 3.09. The van der Waals surface area contributed by atoms with Crippen LogP contribution in [0.1, 0.15) is 23.5 Å². The smallest absolute Gasteiger partial charge is 0.0443 e. The van der Waals surface area contributed by atoms with Crippen molar-refractivity contribution >= 4 is 11.6 Å². The van der Waals surface area contributed by atoms with E-state index in [4.69, 9.17) is 18.0 Å². The van der Waals surface area contributed by atoms with Crippen molar-refractivity contribution in [2.45, 2.75) is 19.3 Å². The van der Waals surface area contributed by atoms with Gasteiger partial charge in [-0.25, -0.2) is 0 Å². The lowest BCUT2D eigenvalue weighted by Crippen LogP contribution is -1.88. The quantitative estimate of drug-likeness (QED) is 0.596. The fourth-order valence-electron chi connectivity index (χ4n) is 1.81. The monoisotopic (exact) mass is 190 g/mol. The van der Waals surface area contributed by atoms with Crippen LogP contribution in [0.15, 0.2) is 18.2 Å². The van der Waals surface area contributed by atoms with Crippen molar-refractivity contribution in [3.8, 4) is 12.3 Å². The van der Waals surface area contributed by atoms with Gasteiger partial charge in [0.2, 0.25) is 0 Å². The van der Waals surface area contributed by atoms with Crippen LogP contribution in [0.5, 0.6) is 0 Å². The molecule has 1 heteroatoms. The number of terminal acetylenes is 1. The molecule has 0 aliphatic heterocycles. The lowest BCUT2D eigenvalue weighted by atomic mass is 10.0. The summed E-state index contributed by atoms with van der Waals surface area (Å²) in [5, 5.41) is 0.864. The van der Waals surface area contributed by atoms with Gasteiger partial charge >= 0.3 is 0 Å². The van der Waals surface area contributed by atoms with Crippen molar-refractivity contribution in [3.05, 3.63) is 34.3 Å². The highest BCUT2D eigenvalue weighted by atomic mass is 35.5. The molecule has 13 heavy (non-hydrogen) atoms. The highest BCUT2D eigenvalue weighted by molar-refractivity contribution is 6.31. The summed E-state index contributed by atoms with van der Waals surface area (Å²) in [6.07, 6.45) is 6.47. The zero-order valence-electron chi connectivity index (χ0n) is 7.55. The van der Waals surface area contributed by atoms with Gasteiger partial charge in [0, 0.05) is 16.9 Å². The van der Waals surface area contributed by atoms with Gasteiger partial charge in [-0.1, -0.05) is 23.7 Å². The minimum atomic E-state index is 0.415. The molecule has 0 heterocycles. The van der Waals surface area contributed by atoms with Crippen LogP contribution in [-0.2, 0) is 0 Å². The molecule has 0 amide bonds. The van der Waals surface area contributed by atoms with E-state index in [0.29, 0.717) is 11.8 Å². The number of benzene rings is 1. The predicted molar refractivity (Wildman–Crippen MR) is 55.9 cm³/mol. The lowest BCUT2D eigenvalue weighted by molar-refractivity contribution is 1.02. The molecule has 0 spiro atoms. The fourth-order valence-corrected chi connectivity index (χ4v) is 2.17. The van der Waals surface area contributed by atoms with Crippen LogP contribution in [0.4, 0.5) is 0 Å². The minimum Gasteiger partial charge on any atom is -0.120 e. The Morgan fingerprint density at radius 1 is 1.54 bits per heavy atom. The standard InChI is InChI=1S/C12H11Cl/c1-3-9-7-10(9)12-8(2)5-4-6-11(12)13/h1,4-6,9-10H,7H2,2H3. The van der Waals surface area contributed by atoms with E-state index in [-0.39, 0.29) is 0 Å². The van der Waals surface area contributed by atoms with Crippen LogP contribution in [0.2, 0.25) is 5.02 Å². The molecular weight excluding hydrogens is 180 g/mol. The van der Waals surface area contributed by atoms with Gasteiger partial charge in [-0.05, 0) is 30.5 Å². The molecule has 0 aromatic heterocycles. The molecule has 2 rings (SSSR count). The Bertz CT molecular complexity index is 353. The Balaban J connectivity index is 2.37. The van der Waals surface area contributed by atoms with Gasteiger partial charge in [-0.3, -0.25) is 0 Å². The molecule has 0 nitrogen and oxygen atoms in total. The number of hydrogen-bond acceptors (Lipinski definition) is 0. The molecule has 1 aromatic carbocycles. The molecule has 1 aliphatic carbocycles. The highest BCUT2D eigenvalue weighted by Crippen LogP contribution is 2.50. The first kappa shape index (κ1) is 8.66. The fraction of sp³-hybridized carbons (Fsp3) is 0.333. The average molecular weight is 191 g/mol. The van der Waals surface area contributed by atoms with Crippen molar-refractivity contribution in [2.75, 3.05) is 0 Å². The van der Waals surface area contributed by atoms with Crippen LogP contribution in [-0.4, -0.2) is 0 Å². The van der Waals surface area contributed by atoms with Crippen LogP contribution in [0, 0.1) is 25.2 Å². The number of rotatable bonds is 1. The highest BCUT2D eigenvalue weighted by Gasteiger charge is 2.38. The van der Waals surface area contributed by atoms with Crippen molar-refractivity contribution in [1.82, 2.24) is 0 Å². The normalized spacial score (nSPS) is 25.3. The van der Waals surface area contributed by atoms with Gasteiger partial charge in [0.15, 0.2) is 0 Å². The van der Waals surface area contributed by atoms with Gasteiger partial charge in [0.05, 0.1) is 0 Å². The van der Waals surface area contributed by atoms with Crippen LogP contribution >= 0.6 is 11.6 Å². The van der Waals surface area contributed by atoms with E-state index in [9.17, 15) is 0 Å². The van der Waals surface area contributed by atoms with Crippen molar-refractivity contribution < 1.29 is 0 Å². The Labute approximate surface area is 83.9 Å². The SMILES string of the molecule is C#CC1CC1c1c(C)cccc1Cl. The van der Waals surface area contributed by atoms with E-state index >= 15 is 0 Å². The van der Waals surface area contributed by atoms with Gasteiger partial charge in [0.25, 0.3) is 0 Å². The maximum Gasteiger partial charge on any atom is 0.0443 e. The summed E-state index contributed by atoms with van der Waals surface area (Å²) in [4.78, 5) is 0. The molecule has 2 atom stereocenters. The summed E-state index contributed by atoms with van der Waals surface area (Å²) in [5.74, 6) is 3.71. The number of halogens is 1. The van der Waals surface area contributed by atoms with Gasteiger partial charge < -0.3 is 0 Å². The molecule has 66 valence electrons. The van der Waals surface area contributed by atoms with Crippen LogP contribution in [0.25, 0.3) is 0 Å². The molecule has 0 N–H and O–H groups in total. The molecule has 0 saturated heterocycles. The topological polar surface area (TPSA) is 0 Å². The maximum absolute atomic E-state index is 6.12. The van der Waals surface area contributed by atoms with E-state index in [1.54, 1.807) is 0 Å². The van der Waals surface area contributed by atoms with E-state index in [2.05, 4.69) is 18.9 Å². The second-order valence-corrected chi connectivity index (χ2v) is 3.99. The molecule has 1 aromatic rings.